The molecule has 1 amide bonds. The van der Waals surface area contributed by atoms with Gasteiger partial charge in [-0.05, 0) is 32.9 Å². The monoisotopic (exact) mass is 246 g/mol. The predicted octanol–water partition coefficient (Wildman–Crippen LogP) is 2.07. The molecule has 0 aliphatic rings. The van der Waals surface area contributed by atoms with Crippen molar-refractivity contribution in [3.63, 3.8) is 0 Å². The van der Waals surface area contributed by atoms with Crippen LogP contribution in [0.25, 0.3) is 11.3 Å². The van der Waals surface area contributed by atoms with Crippen LogP contribution < -0.4 is 5.73 Å². The molecule has 5 heteroatoms. The number of primary amides is 1. The highest BCUT2D eigenvalue weighted by Crippen LogP contribution is 2.36. The molecule has 18 heavy (non-hydrogen) atoms. The zero-order valence-electron chi connectivity index (χ0n) is 10.4. The van der Waals surface area contributed by atoms with Crippen molar-refractivity contribution in [2.75, 3.05) is 0 Å². The van der Waals surface area contributed by atoms with Gasteiger partial charge in [0.1, 0.15) is 22.8 Å². The summed E-state index contributed by atoms with van der Waals surface area (Å²) in [5, 5.41) is 10.2. The van der Waals surface area contributed by atoms with Crippen LogP contribution >= 0.6 is 0 Å². The Morgan fingerprint density at radius 1 is 1.28 bits per heavy atom. The van der Waals surface area contributed by atoms with Gasteiger partial charge in [0.05, 0.1) is 17.0 Å². The van der Waals surface area contributed by atoms with Crippen LogP contribution in [0.5, 0.6) is 5.75 Å². The number of carbonyl (C=O) groups excluding carboxylic acids is 1. The Morgan fingerprint density at radius 2 is 1.94 bits per heavy atom. The van der Waals surface area contributed by atoms with Crippen molar-refractivity contribution >= 4 is 5.91 Å². The van der Waals surface area contributed by atoms with E-state index in [4.69, 9.17) is 10.2 Å². The fourth-order valence-corrected chi connectivity index (χ4v) is 1.99. The van der Waals surface area contributed by atoms with Crippen LogP contribution in [0.3, 0.4) is 0 Å². The van der Waals surface area contributed by atoms with Crippen LogP contribution in [0.1, 0.15) is 27.5 Å². The summed E-state index contributed by atoms with van der Waals surface area (Å²) in [5.41, 5.74) is 6.68. The average molecular weight is 246 g/mol. The molecule has 2 aromatic heterocycles. The summed E-state index contributed by atoms with van der Waals surface area (Å²) in [4.78, 5) is 15.6. The topological polar surface area (TPSA) is 89.3 Å². The minimum absolute atomic E-state index is 0.0321. The van der Waals surface area contributed by atoms with Crippen LogP contribution in [0, 0.1) is 20.8 Å². The molecule has 0 fully saturated rings. The first-order chi connectivity index (χ1) is 8.41. The quantitative estimate of drug-likeness (QED) is 0.848. The summed E-state index contributed by atoms with van der Waals surface area (Å²) in [6.07, 6.45) is 0. The van der Waals surface area contributed by atoms with E-state index in [-0.39, 0.29) is 11.3 Å². The molecule has 5 nitrogen and oxygen atoms in total. The fourth-order valence-electron chi connectivity index (χ4n) is 1.99. The summed E-state index contributed by atoms with van der Waals surface area (Å²) < 4.78 is 5.45. The van der Waals surface area contributed by atoms with E-state index in [2.05, 4.69) is 4.98 Å². The Balaban J connectivity index is 2.75. The molecule has 2 heterocycles. The first kappa shape index (κ1) is 12.2. The summed E-state index contributed by atoms with van der Waals surface area (Å²) in [6.45, 7) is 5.17. The van der Waals surface area contributed by atoms with E-state index in [0.717, 1.165) is 0 Å². The maximum Gasteiger partial charge on any atom is 0.254 e. The number of amides is 1. The highest BCUT2D eigenvalue weighted by Gasteiger charge is 2.21. The smallest absolute Gasteiger partial charge is 0.254 e. The van der Waals surface area contributed by atoms with Crippen LogP contribution in [0.15, 0.2) is 16.5 Å². The number of pyridine rings is 1. The number of nitrogens with zero attached hydrogens (tertiary/aromatic N) is 1. The van der Waals surface area contributed by atoms with Gasteiger partial charge in [-0.15, -0.1) is 0 Å². The Labute approximate surface area is 104 Å². The average Bonchev–Trinajstić information content (AvgIpc) is 2.63. The van der Waals surface area contributed by atoms with Crippen molar-refractivity contribution in [2.24, 2.45) is 5.73 Å². The molecule has 94 valence electrons. The number of rotatable bonds is 2. The van der Waals surface area contributed by atoms with Crippen molar-refractivity contribution < 1.29 is 14.3 Å². The summed E-state index contributed by atoms with van der Waals surface area (Å²) in [6, 6.07) is 3.50. The SMILES string of the molecule is Cc1ccc(-c2c(C)nc(C)c(C(N)=O)c2O)o1. The number of aromatic nitrogens is 1. The van der Waals surface area contributed by atoms with Gasteiger partial charge in [-0.3, -0.25) is 9.78 Å². The largest absolute Gasteiger partial charge is 0.506 e. The van der Waals surface area contributed by atoms with Crippen molar-refractivity contribution in [3.8, 4) is 17.1 Å². The van der Waals surface area contributed by atoms with Gasteiger partial charge in [0.2, 0.25) is 0 Å². The lowest BCUT2D eigenvalue weighted by Gasteiger charge is -2.11. The molecule has 0 atom stereocenters. The maximum atomic E-state index is 11.3. The van der Waals surface area contributed by atoms with Crippen LogP contribution in [0.4, 0.5) is 0 Å². The molecule has 2 aromatic rings. The number of hydrogen-bond donors (Lipinski definition) is 2. The number of carbonyl (C=O) groups is 1. The molecule has 0 radical (unpaired) electrons. The molecule has 0 aliphatic heterocycles. The second kappa shape index (κ2) is 4.18. The Hall–Kier alpha value is -2.30. The van der Waals surface area contributed by atoms with E-state index in [1.165, 1.54) is 0 Å². The molecular formula is C13H14N2O3. The lowest BCUT2D eigenvalue weighted by atomic mass is 10.0. The molecule has 0 aliphatic carbocycles. The highest BCUT2D eigenvalue weighted by atomic mass is 16.3. The summed E-state index contributed by atoms with van der Waals surface area (Å²) in [7, 11) is 0. The minimum Gasteiger partial charge on any atom is -0.506 e. The normalized spacial score (nSPS) is 10.6. The van der Waals surface area contributed by atoms with Crippen molar-refractivity contribution in [1.82, 2.24) is 4.98 Å². The molecule has 0 bridgehead atoms. The maximum absolute atomic E-state index is 11.3. The van der Waals surface area contributed by atoms with Crippen LogP contribution in [0.2, 0.25) is 0 Å². The van der Waals surface area contributed by atoms with E-state index < -0.39 is 5.91 Å². The van der Waals surface area contributed by atoms with Gasteiger partial charge in [0.15, 0.2) is 0 Å². The second-order valence-electron chi connectivity index (χ2n) is 4.16. The third kappa shape index (κ3) is 1.84. The first-order valence-electron chi connectivity index (χ1n) is 5.48. The predicted molar refractivity (Wildman–Crippen MR) is 66.3 cm³/mol. The second-order valence-corrected chi connectivity index (χ2v) is 4.16. The molecule has 0 unspecified atom stereocenters. The molecule has 2 rings (SSSR count). The Morgan fingerprint density at radius 3 is 2.44 bits per heavy atom. The lowest BCUT2D eigenvalue weighted by molar-refractivity contribution is 0.0997. The van der Waals surface area contributed by atoms with Gasteiger partial charge < -0.3 is 15.3 Å². The van der Waals surface area contributed by atoms with E-state index >= 15 is 0 Å². The number of hydrogen-bond acceptors (Lipinski definition) is 4. The fraction of sp³-hybridized carbons (Fsp3) is 0.231. The van der Waals surface area contributed by atoms with E-state index in [9.17, 15) is 9.90 Å². The van der Waals surface area contributed by atoms with E-state index in [0.29, 0.717) is 28.5 Å². The first-order valence-corrected chi connectivity index (χ1v) is 5.48. The summed E-state index contributed by atoms with van der Waals surface area (Å²) in [5.74, 6) is 0.298. The summed E-state index contributed by atoms with van der Waals surface area (Å²) >= 11 is 0. The third-order valence-electron chi connectivity index (χ3n) is 2.77. The van der Waals surface area contributed by atoms with Gasteiger partial charge in [-0.2, -0.15) is 0 Å². The lowest BCUT2D eigenvalue weighted by Crippen LogP contribution is -2.15. The van der Waals surface area contributed by atoms with E-state index in [1.54, 1.807) is 32.9 Å². The Bertz CT molecular complexity index is 629. The van der Waals surface area contributed by atoms with Crippen molar-refractivity contribution in [2.45, 2.75) is 20.8 Å². The zero-order valence-corrected chi connectivity index (χ0v) is 10.4. The molecule has 0 saturated carbocycles. The van der Waals surface area contributed by atoms with Crippen LogP contribution in [-0.4, -0.2) is 16.0 Å². The molecule has 0 spiro atoms. The molecule has 0 aromatic carbocycles. The van der Waals surface area contributed by atoms with Crippen molar-refractivity contribution in [3.05, 3.63) is 34.8 Å². The van der Waals surface area contributed by atoms with Crippen LogP contribution in [-0.2, 0) is 0 Å². The van der Waals surface area contributed by atoms with Gasteiger partial charge in [0.25, 0.3) is 5.91 Å². The van der Waals surface area contributed by atoms with Gasteiger partial charge in [-0.25, -0.2) is 0 Å². The van der Waals surface area contributed by atoms with Gasteiger partial charge >= 0.3 is 0 Å². The molecule has 0 saturated heterocycles. The van der Waals surface area contributed by atoms with Gasteiger partial charge in [0, 0.05) is 0 Å². The number of aryl methyl sites for hydroxylation is 3. The number of nitrogens with two attached hydrogens (primary N) is 1. The third-order valence-corrected chi connectivity index (χ3v) is 2.77. The van der Waals surface area contributed by atoms with E-state index in [1.807, 2.05) is 0 Å². The molecular weight excluding hydrogens is 232 g/mol. The number of furan rings is 1. The zero-order chi connectivity index (χ0) is 13.4. The highest BCUT2D eigenvalue weighted by molar-refractivity contribution is 5.99. The minimum atomic E-state index is -0.706. The van der Waals surface area contributed by atoms with Crippen molar-refractivity contribution in [1.29, 1.82) is 0 Å². The van der Waals surface area contributed by atoms with Gasteiger partial charge in [-0.1, -0.05) is 0 Å². The molecule has 3 N–H and O–H groups in total. The number of aromatic hydroxyl groups is 1. The Kier molecular flexibility index (Phi) is 2.82. The standard InChI is InChI=1S/C13H14N2O3/c1-6-4-5-9(18-6)10-7(2)15-8(3)11(12(10)16)13(14)17/h4-5H,1-3H3,(H2,14,17)(H,15,16).